The van der Waals surface area contributed by atoms with Gasteiger partial charge in [-0.3, -0.25) is 14.4 Å². The van der Waals surface area contributed by atoms with Crippen LogP contribution in [0.25, 0.3) is 0 Å². The SMILES string of the molecule is CC/C=C\C/C=C\CCCCC(=O)OCC(COC(=O)CCCCCCCCCCCCCCCCCCCC)OC(=O)CCCCCCCCC/C=C\C/C=C\CCCCC. The third-order valence-electron chi connectivity index (χ3n) is 11.6. The number of esters is 3. The van der Waals surface area contributed by atoms with Crippen molar-refractivity contribution in [2.75, 3.05) is 13.2 Å². The molecule has 0 amide bonds. The molecule has 6 nitrogen and oxygen atoms in total. The summed E-state index contributed by atoms with van der Waals surface area (Å²) in [7, 11) is 0. The molecule has 0 aliphatic carbocycles. The monoisotopic (exact) mass is 869 g/mol. The Morgan fingerprint density at radius 3 is 1.03 bits per heavy atom. The molecule has 360 valence electrons. The summed E-state index contributed by atoms with van der Waals surface area (Å²) in [6.07, 6.45) is 61.1. The molecule has 0 N–H and O–H groups in total. The maximum atomic E-state index is 12.8. The van der Waals surface area contributed by atoms with Gasteiger partial charge in [0, 0.05) is 19.3 Å². The Hall–Kier alpha value is -2.63. The summed E-state index contributed by atoms with van der Waals surface area (Å²) in [6, 6.07) is 0. The van der Waals surface area contributed by atoms with Crippen LogP contribution in [0.2, 0.25) is 0 Å². The van der Waals surface area contributed by atoms with Crippen LogP contribution in [0.15, 0.2) is 48.6 Å². The topological polar surface area (TPSA) is 78.9 Å². The first-order chi connectivity index (χ1) is 30.5. The van der Waals surface area contributed by atoms with E-state index >= 15 is 0 Å². The summed E-state index contributed by atoms with van der Waals surface area (Å²) in [6.45, 7) is 6.48. The van der Waals surface area contributed by atoms with Gasteiger partial charge >= 0.3 is 17.9 Å². The standard InChI is InChI=1S/C56H100O6/c1-4-7-10-13-16-19-21-23-25-27-29-30-32-34-37-40-43-46-49-55(58)61-52-53(51-60-54(57)48-45-42-39-36-18-15-12-9-6-3)62-56(59)50-47-44-41-38-35-33-31-28-26-24-22-20-17-14-11-8-5-2/h9,12,17-18,20,24,26,36,53H,4-8,10-11,13-16,19,21-23,25,27-35,37-52H2,1-3H3/b12-9-,20-17-,26-24-,36-18-. The molecule has 0 aromatic heterocycles. The van der Waals surface area contributed by atoms with Gasteiger partial charge in [-0.25, -0.2) is 0 Å². The number of rotatable bonds is 48. The molecule has 0 aliphatic heterocycles. The minimum Gasteiger partial charge on any atom is -0.462 e. The number of carbonyl (C=O) groups is 3. The molecule has 62 heavy (non-hydrogen) atoms. The third-order valence-corrected chi connectivity index (χ3v) is 11.6. The van der Waals surface area contributed by atoms with Crippen LogP contribution in [0.5, 0.6) is 0 Å². The van der Waals surface area contributed by atoms with Gasteiger partial charge in [-0.2, -0.15) is 0 Å². The second-order valence-electron chi connectivity index (χ2n) is 17.8. The molecule has 6 heteroatoms. The smallest absolute Gasteiger partial charge is 0.306 e. The van der Waals surface area contributed by atoms with Gasteiger partial charge < -0.3 is 14.2 Å². The molecule has 1 unspecified atom stereocenters. The molecular weight excluding hydrogens is 769 g/mol. The normalized spacial score (nSPS) is 12.4. The van der Waals surface area contributed by atoms with Crippen LogP contribution in [0, 0.1) is 0 Å². The largest absolute Gasteiger partial charge is 0.462 e. The molecule has 0 rings (SSSR count). The average Bonchev–Trinajstić information content (AvgIpc) is 3.27. The molecule has 0 saturated heterocycles. The van der Waals surface area contributed by atoms with E-state index in [1.54, 1.807) is 0 Å². The van der Waals surface area contributed by atoms with Crippen molar-refractivity contribution in [2.24, 2.45) is 0 Å². The van der Waals surface area contributed by atoms with Gasteiger partial charge in [-0.15, -0.1) is 0 Å². The molecular formula is C56H100O6. The molecule has 0 bridgehead atoms. The number of unbranched alkanes of at least 4 members (excludes halogenated alkanes) is 29. The first-order valence-electron chi connectivity index (χ1n) is 26.6. The van der Waals surface area contributed by atoms with Crippen LogP contribution in [0.3, 0.4) is 0 Å². The second kappa shape index (κ2) is 51.0. The predicted molar refractivity (Wildman–Crippen MR) is 265 cm³/mol. The minimum atomic E-state index is -0.786. The van der Waals surface area contributed by atoms with Crippen molar-refractivity contribution in [3.05, 3.63) is 48.6 Å². The zero-order valence-corrected chi connectivity index (χ0v) is 41.1. The molecule has 0 fully saturated rings. The summed E-state index contributed by atoms with van der Waals surface area (Å²) in [5.41, 5.74) is 0. The van der Waals surface area contributed by atoms with Crippen LogP contribution in [0.1, 0.15) is 271 Å². The number of hydrogen-bond acceptors (Lipinski definition) is 6. The van der Waals surface area contributed by atoms with Gasteiger partial charge in [-0.05, 0) is 77.0 Å². The van der Waals surface area contributed by atoms with E-state index in [1.165, 1.54) is 148 Å². The molecule has 0 saturated carbocycles. The number of carbonyl (C=O) groups excluding carboxylic acids is 3. The van der Waals surface area contributed by atoms with Crippen LogP contribution < -0.4 is 0 Å². The zero-order valence-electron chi connectivity index (χ0n) is 41.1. The summed E-state index contributed by atoms with van der Waals surface area (Å²) in [4.78, 5) is 37.9. The lowest BCUT2D eigenvalue weighted by Crippen LogP contribution is -2.30. The molecule has 0 aromatic rings. The number of hydrogen-bond donors (Lipinski definition) is 0. The van der Waals surface area contributed by atoms with Crippen LogP contribution in [-0.2, 0) is 28.6 Å². The highest BCUT2D eigenvalue weighted by Gasteiger charge is 2.19. The Labute approximate surface area is 384 Å². The summed E-state index contributed by atoms with van der Waals surface area (Å²) >= 11 is 0. The van der Waals surface area contributed by atoms with Crippen molar-refractivity contribution in [1.82, 2.24) is 0 Å². The maximum absolute atomic E-state index is 12.8. The molecule has 1 atom stereocenters. The molecule has 0 radical (unpaired) electrons. The van der Waals surface area contributed by atoms with E-state index in [1.807, 2.05) is 0 Å². The van der Waals surface area contributed by atoms with Crippen molar-refractivity contribution in [1.29, 1.82) is 0 Å². The van der Waals surface area contributed by atoms with E-state index in [0.717, 1.165) is 83.5 Å². The van der Waals surface area contributed by atoms with E-state index in [4.69, 9.17) is 14.2 Å². The van der Waals surface area contributed by atoms with Crippen LogP contribution in [-0.4, -0.2) is 37.2 Å². The van der Waals surface area contributed by atoms with Gasteiger partial charge in [0.25, 0.3) is 0 Å². The molecule has 0 aliphatic rings. The highest BCUT2D eigenvalue weighted by atomic mass is 16.6. The Bertz CT molecular complexity index is 1090. The zero-order chi connectivity index (χ0) is 45.1. The Balaban J connectivity index is 4.30. The minimum absolute atomic E-state index is 0.0842. The van der Waals surface area contributed by atoms with Gasteiger partial charge in [0.15, 0.2) is 6.10 Å². The van der Waals surface area contributed by atoms with Gasteiger partial charge in [0.2, 0.25) is 0 Å². The van der Waals surface area contributed by atoms with Crippen molar-refractivity contribution >= 4 is 17.9 Å². The van der Waals surface area contributed by atoms with Crippen molar-refractivity contribution in [3.63, 3.8) is 0 Å². The molecule has 0 heterocycles. The molecule has 0 spiro atoms. The Kier molecular flexibility index (Phi) is 48.8. The highest BCUT2D eigenvalue weighted by molar-refractivity contribution is 5.71. The summed E-state index contributed by atoms with van der Waals surface area (Å²) in [5.74, 6) is -0.922. The number of allylic oxidation sites excluding steroid dienone is 8. The quantitative estimate of drug-likeness (QED) is 0.0262. The van der Waals surface area contributed by atoms with Crippen LogP contribution in [0.4, 0.5) is 0 Å². The van der Waals surface area contributed by atoms with Gasteiger partial charge in [-0.1, -0.05) is 223 Å². The number of ether oxygens (including phenoxy) is 3. The fourth-order valence-electron chi connectivity index (χ4n) is 7.57. The van der Waals surface area contributed by atoms with Crippen molar-refractivity contribution < 1.29 is 28.6 Å². The predicted octanol–water partition coefficient (Wildman–Crippen LogP) is 17.5. The first kappa shape index (κ1) is 59.4. The van der Waals surface area contributed by atoms with Crippen molar-refractivity contribution in [3.8, 4) is 0 Å². The maximum Gasteiger partial charge on any atom is 0.306 e. The fraction of sp³-hybridized carbons (Fsp3) is 0.804. The average molecular weight is 869 g/mol. The van der Waals surface area contributed by atoms with E-state index in [2.05, 4.69) is 69.4 Å². The Morgan fingerprint density at radius 2 is 0.629 bits per heavy atom. The van der Waals surface area contributed by atoms with E-state index < -0.39 is 6.10 Å². The summed E-state index contributed by atoms with van der Waals surface area (Å²) < 4.78 is 16.8. The summed E-state index contributed by atoms with van der Waals surface area (Å²) in [5, 5.41) is 0. The van der Waals surface area contributed by atoms with Crippen LogP contribution >= 0.6 is 0 Å². The lowest BCUT2D eigenvalue weighted by Gasteiger charge is -2.18. The van der Waals surface area contributed by atoms with E-state index in [-0.39, 0.29) is 31.1 Å². The fourth-order valence-corrected chi connectivity index (χ4v) is 7.57. The lowest BCUT2D eigenvalue weighted by atomic mass is 10.0. The lowest BCUT2D eigenvalue weighted by molar-refractivity contribution is -0.167. The van der Waals surface area contributed by atoms with E-state index in [9.17, 15) is 14.4 Å². The van der Waals surface area contributed by atoms with Crippen molar-refractivity contribution in [2.45, 2.75) is 277 Å². The first-order valence-corrected chi connectivity index (χ1v) is 26.6. The highest BCUT2D eigenvalue weighted by Crippen LogP contribution is 2.16. The second-order valence-corrected chi connectivity index (χ2v) is 17.8. The van der Waals surface area contributed by atoms with E-state index in [0.29, 0.717) is 19.3 Å². The van der Waals surface area contributed by atoms with Gasteiger partial charge in [0.1, 0.15) is 13.2 Å². The van der Waals surface area contributed by atoms with Gasteiger partial charge in [0.05, 0.1) is 0 Å². The molecule has 0 aromatic carbocycles. The third kappa shape index (κ3) is 48.4. The Morgan fingerprint density at radius 1 is 0.339 bits per heavy atom.